The highest BCUT2D eigenvalue weighted by molar-refractivity contribution is 7.17. The highest BCUT2D eigenvalue weighted by Crippen LogP contribution is 2.27. The van der Waals surface area contributed by atoms with Gasteiger partial charge in [0.15, 0.2) is 11.5 Å². The largest absolute Gasteiger partial charge is 0.336 e. The summed E-state index contributed by atoms with van der Waals surface area (Å²) in [7, 11) is 0. The van der Waals surface area contributed by atoms with Crippen molar-refractivity contribution >= 4 is 28.8 Å². The minimum absolute atomic E-state index is 0.00391. The van der Waals surface area contributed by atoms with Crippen LogP contribution in [0.5, 0.6) is 0 Å². The Morgan fingerprint density at radius 1 is 1.48 bits per heavy atom. The van der Waals surface area contributed by atoms with Crippen molar-refractivity contribution in [2.75, 3.05) is 13.1 Å². The Morgan fingerprint density at radius 3 is 3.08 bits per heavy atom. The SMILES string of the molecule is CCc1noc(-c2cn([C@@H]3CCN(C(=O)c4ccc(Cl)s4)C3)nn2)n1. The van der Waals surface area contributed by atoms with Gasteiger partial charge in [-0.1, -0.05) is 28.9 Å². The van der Waals surface area contributed by atoms with E-state index in [9.17, 15) is 4.79 Å². The number of halogens is 1. The Kier molecular flexibility index (Phi) is 4.26. The summed E-state index contributed by atoms with van der Waals surface area (Å²) in [5.41, 5.74) is 0.544. The van der Waals surface area contributed by atoms with E-state index in [0.717, 1.165) is 6.42 Å². The number of rotatable bonds is 4. The Bertz CT molecular complexity index is 903. The van der Waals surface area contributed by atoms with Gasteiger partial charge in [-0.25, -0.2) is 4.68 Å². The molecule has 0 aliphatic carbocycles. The fourth-order valence-corrected chi connectivity index (χ4v) is 3.79. The standard InChI is InChI=1S/C15H15ClN6O2S/c1-2-13-17-14(24-19-13)10-8-22(20-18-10)9-5-6-21(7-9)15(23)11-3-4-12(16)25-11/h3-4,8-9H,2,5-7H2,1H3/t9-/m1/s1. The molecule has 1 amide bonds. The van der Waals surface area contributed by atoms with Crippen LogP contribution in [-0.4, -0.2) is 49.0 Å². The number of amides is 1. The molecule has 1 aliphatic rings. The average Bonchev–Trinajstić information content (AvgIpc) is 3.37. The molecular weight excluding hydrogens is 364 g/mol. The number of carbonyl (C=O) groups excluding carboxylic acids is 1. The van der Waals surface area contributed by atoms with Crippen molar-refractivity contribution in [1.82, 2.24) is 30.0 Å². The molecule has 0 spiro atoms. The predicted molar refractivity (Wildman–Crippen MR) is 91.6 cm³/mol. The van der Waals surface area contributed by atoms with Gasteiger partial charge in [0.2, 0.25) is 0 Å². The van der Waals surface area contributed by atoms with Crippen molar-refractivity contribution in [2.24, 2.45) is 0 Å². The van der Waals surface area contributed by atoms with Gasteiger partial charge in [-0.2, -0.15) is 4.98 Å². The molecule has 8 nitrogen and oxygen atoms in total. The van der Waals surface area contributed by atoms with Crippen LogP contribution in [0.3, 0.4) is 0 Å². The maximum absolute atomic E-state index is 12.5. The van der Waals surface area contributed by atoms with Gasteiger partial charge in [-0.15, -0.1) is 16.4 Å². The summed E-state index contributed by atoms with van der Waals surface area (Å²) in [6.45, 7) is 3.21. The van der Waals surface area contributed by atoms with Gasteiger partial charge in [0, 0.05) is 19.5 Å². The Hall–Kier alpha value is -2.26. The van der Waals surface area contributed by atoms with Crippen LogP contribution < -0.4 is 0 Å². The second kappa shape index (κ2) is 6.57. The molecule has 1 atom stereocenters. The third kappa shape index (κ3) is 3.16. The van der Waals surface area contributed by atoms with E-state index in [2.05, 4.69) is 20.5 Å². The van der Waals surface area contributed by atoms with Gasteiger partial charge < -0.3 is 9.42 Å². The summed E-state index contributed by atoms with van der Waals surface area (Å²) in [4.78, 5) is 19.2. The van der Waals surface area contributed by atoms with Crippen LogP contribution in [0.1, 0.15) is 34.9 Å². The average molecular weight is 379 g/mol. The van der Waals surface area contributed by atoms with Crippen LogP contribution in [0.4, 0.5) is 0 Å². The number of hydrogen-bond donors (Lipinski definition) is 0. The number of thiophene rings is 1. The number of likely N-dealkylation sites (tertiary alicyclic amines) is 1. The molecule has 0 unspecified atom stereocenters. The molecule has 10 heteroatoms. The van der Waals surface area contributed by atoms with Crippen LogP contribution in [0.2, 0.25) is 4.34 Å². The lowest BCUT2D eigenvalue weighted by atomic mass is 10.3. The number of aromatic nitrogens is 5. The molecule has 1 saturated heterocycles. The van der Waals surface area contributed by atoms with Gasteiger partial charge >= 0.3 is 0 Å². The van der Waals surface area contributed by atoms with Crippen LogP contribution in [0.15, 0.2) is 22.9 Å². The normalized spacial score (nSPS) is 17.4. The molecule has 0 bridgehead atoms. The lowest BCUT2D eigenvalue weighted by Crippen LogP contribution is -2.28. The minimum atomic E-state index is 0.00391. The molecule has 1 aliphatic heterocycles. The molecule has 0 saturated carbocycles. The second-order valence-electron chi connectivity index (χ2n) is 5.75. The molecule has 0 N–H and O–H groups in total. The zero-order valence-electron chi connectivity index (χ0n) is 13.4. The van der Waals surface area contributed by atoms with Crippen molar-refractivity contribution < 1.29 is 9.32 Å². The summed E-state index contributed by atoms with van der Waals surface area (Å²) < 4.78 is 7.56. The van der Waals surface area contributed by atoms with Gasteiger partial charge in [0.05, 0.1) is 21.5 Å². The maximum atomic E-state index is 12.5. The van der Waals surface area contributed by atoms with Crippen LogP contribution in [0.25, 0.3) is 11.6 Å². The molecule has 1 fully saturated rings. The first-order chi connectivity index (χ1) is 12.1. The van der Waals surface area contributed by atoms with Crippen molar-refractivity contribution in [3.05, 3.63) is 33.4 Å². The number of nitrogens with zero attached hydrogens (tertiary/aromatic N) is 6. The van der Waals surface area contributed by atoms with Crippen molar-refractivity contribution in [3.63, 3.8) is 0 Å². The van der Waals surface area contributed by atoms with Crippen LogP contribution >= 0.6 is 22.9 Å². The van der Waals surface area contributed by atoms with E-state index in [0.29, 0.717) is 46.1 Å². The van der Waals surface area contributed by atoms with Gasteiger partial charge in [-0.3, -0.25) is 4.79 Å². The molecule has 3 aromatic heterocycles. The third-order valence-electron chi connectivity index (χ3n) is 4.12. The minimum Gasteiger partial charge on any atom is -0.336 e. The molecular formula is C15H15ClN6O2S. The highest BCUT2D eigenvalue weighted by atomic mass is 35.5. The number of aryl methyl sites for hydroxylation is 1. The summed E-state index contributed by atoms with van der Waals surface area (Å²) in [6, 6.07) is 3.58. The summed E-state index contributed by atoms with van der Waals surface area (Å²) in [5, 5.41) is 12.1. The molecule has 4 heterocycles. The predicted octanol–water partition coefficient (Wildman–Crippen LogP) is 2.69. The molecule has 130 valence electrons. The number of hydrogen-bond acceptors (Lipinski definition) is 7. The Balaban J connectivity index is 1.46. The lowest BCUT2D eigenvalue weighted by Gasteiger charge is -2.15. The zero-order valence-corrected chi connectivity index (χ0v) is 15.0. The smallest absolute Gasteiger partial charge is 0.280 e. The molecule has 0 aromatic carbocycles. The van der Waals surface area contributed by atoms with E-state index in [1.165, 1.54) is 11.3 Å². The van der Waals surface area contributed by atoms with E-state index in [-0.39, 0.29) is 11.9 Å². The van der Waals surface area contributed by atoms with E-state index in [1.54, 1.807) is 23.0 Å². The topological polar surface area (TPSA) is 89.9 Å². The first kappa shape index (κ1) is 16.2. The Labute approximate surface area is 152 Å². The third-order valence-corrected chi connectivity index (χ3v) is 5.34. The first-order valence-electron chi connectivity index (χ1n) is 7.93. The molecule has 25 heavy (non-hydrogen) atoms. The molecule has 3 aromatic rings. The van der Waals surface area contributed by atoms with Crippen LogP contribution in [0, 0.1) is 0 Å². The fourth-order valence-electron chi connectivity index (χ4n) is 2.78. The van der Waals surface area contributed by atoms with Gasteiger partial charge in [-0.05, 0) is 18.6 Å². The summed E-state index contributed by atoms with van der Waals surface area (Å²) >= 11 is 7.21. The molecule has 4 rings (SSSR count). The van der Waals surface area contributed by atoms with Gasteiger partial charge in [0.1, 0.15) is 0 Å². The van der Waals surface area contributed by atoms with E-state index in [4.69, 9.17) is 16.1 Å². The summed E-state index contributed by atoms with van der Waals surface area (Å²) in [5.74, 6) is 1.00. The Morgan fingerprint density at radius 2 is 2.36 bits per heavy atom. The first-order valence-corrected chi connectivity index (χ1v) is 9.13. The van der Waals surface area contributed by atoms with E-state index in [1.807, 2.05) is 11.8 Å². The number of carbonyl (C=O) groups is 1. The van der Waals surface area contributed by atoms with Gasteiger partial charge in [0.25, 0.3) is 11.8 Å². The van der Waals surface area contributed by atoms with Crippen molar-refractivity contribution in [2.45, 2.75) is 25.8 Å². The quantitative estimate of drug-likeness (QED) is 0.693. The van der Waals surface area contributed by atoms with Crippen molar-refractivity contribution in [1.29, 1.82) is 0 Å². The van der Waals surface area contributed by atoms with E-state index >= 15 is 0 Å². The van der Waals surface area contributed by atoms with E-state index < -0.39 is 0 Å². The fraction of sp³-hybridized carbons (Fsp3) is 0.400. The monoisotopic (exact) mass is 378 g/mol. The second-order valence-corrected chi connectivity index (χ2v) is 7.47. The van der Waals surface area contributed by atoms with Crippen LogP contribution in [-0.2, 0) is 6.42 Å². The zero-order chi connectivity index (χ0) is 17.4. The molecule has 0 radical (unpaired) electrons. The maximum Gasteiger partial charge on any atom is 0.280 e. The summed E-state index contributed by atoms with van der Waals surface area (Å²) in [6.07, 6.45) is 3.30. The highest BCUT2D eigenvalue weighted by Gasteiger charge is 2.30. The van der Waals surface area contributed by atoms with Crippen molar-refractivity contribution in [3.8, 4) is 11.6 Å². The lowest BCUT2D eigenvalue weighted by molar-refractivity contribution is 0.0791.